The number of nitrogens with zero attached hydrogens (tertiary/aromatic N) is 1. The Kier molecular flexibility index (Phi) is 3.91. The van der Waals surface area contributed by atoms with Crippen molar-refractivity contribution in [2.75, 3.05) is 6.26 Å². The van der Waals surface area contributed by atoms with Crippen molar-refractivity contribution < 1.29 is 14.7 Å². The van der Waals surface area contributed by atoms with Crippen molar-refractivity contribution >= 4 is 24.1 Å². The van der Waals surface area contributed by atoms with Crippen LogP contribution in [0.5, 0.6) is 0 Å². The average molecular weight is 265 g/mol. The lowest BCUT2D eigenvalue weighted by Crippen LogP contribution is -2.34. The number of carboxylic acids is 1. The van der Waals surface area contributed by atoms with Crippen LogP contribution in [-0.4, -0.2) is 34.7 Å². The third-order valence-electron chi connectivity index (χ3n) is 3.05. The molecule has 1 aromatic rings. The first kappa shape index (κ1) is 13.0. The third kappa shape index (κ3) is 2.67. The summed E-state index contributed by atoms with van der Waals surface area (Å²) in [5, 5.41) is 9.33. The first-order chi connectivity index (χ1) is 8.67. The number of carbonyl (C=O) groups is 2. The molecule has 0 saturated heterocycles. The number of hydrogen-bond donors (Lipinski definition) is 1. The molecule has 5 heteroatoms. The number of hydrogen-bond acceptors (Lipinski definition) is 3. The van der Waals surface area contributed by atoms with Gasteiger partial charge in [-0.15, -0.1) is 11.8 Å². The molecule has 1 aromatic carbocycles. The van der Waals surface area contributed by atoms with E-state index in [1.54, 1.807) is 23.9 Å². The Hall–Kier alpha value is -1.49. The lowest BCUT2D eigenvalue weighted by Gasteiger charge is -2.25. The smallest absolute Gasteiger partial charge is 0.331 e. The van der Waals surface area contributed by atoms with Gasteiger partial charge >= 0.3 is 5.97 Å². The van der Waals surface area contributed by atoms with Crippen LogP contribution in [0, 0.1) is 0 Å². The van der Waals surface area contributed by atoms with Gasteiger partial charge in [0.2, 0.25) is 6.41 Å². The minimum atomic E-state index is -0.981. The fourth-order valence-electron chi connectivity index (χ4n) is 1.96. The fourth-order valence-corrected chi connectivity index (χ4v) is 2.37. The highest BCUT2D eigenvalue weighted by molar-refractivity contribution is 7.98. The molecule has 1 amide bonds. The van der Waals surface area contributed by atoms with E-state index in [2.05, 4.69) is 0 Å². The summed E-state index contributed by atoms with van der Waals surface area (Å²) in [4.78, 5) is 25.0. The maximum Gasteiger partial charge on any atom is 0.331 e. The minimum Gasteiger partial charge on any atom is -0.479 e. The van der Waals surface area contributed by atoms with E-state index in [1.807, 2.05) is 18.4 Å². The van der Waals surface area contributed by atoms with E-state index in [1.165, 1.54) is 4.90 Å². The summed E-state index contributed by atoms with van der Waals surface area (Å²) >= 11 is 1.60. The highest BCUT2D eigenvalue weighted by atomic mass is 32.2. The topological polar surface area (TPSA) is 57.6 Å². The monoisotopic (exact) mass is 265 g/mol. The number of thioether (sulfide) groups is 1. The maximum atomic E-state index is 11.4. The van der Waals surface area contributed by atoms with E-state index < -0.39 is 12.0 Å². The predicted molar refractivity (Wildman–Crippen MR) is 69.5 cm³/mol. The summed E-state index contributed by atoms with van der Waals surface area (Å²) in [6.45, 7) is 0. The molecule has 0 aliphatic heterocycles. The zero-order chi connectivity index (χ0) is 13.1. The molecule has 1 aliphatic carbocycles. The zero-order valence-corrected chi connectivity index (χ0v) is 10.9. The molecule has 0 spiro atoms. The van der Waals surface area contributed by atoms with E-state index in [9.17, 15) is 14.7 Å². The molecule has 4 nitrogen and oxygen atoms in total. The van der Waals surface area contributed by atoms with Gasteiger partial charge < -0.3 is 10.0 Å². The Morgan fingerprint density at radius 3 is 2.44 bits per heavy atom. The van der Waals surface area contributed by atoms with Gasteiger partial charge in [-0.3, -0.25) is 4.79 Å². The van der Waals surface area contributed by atoms with Crippen molar-refractivity contribution in [2.45, 2.75) is 29.8 Å². The van der Waals surface area contributed by atoms with Crippen molar-refractivity contribution in [1.82, 2.24) is 4.90 Å². The van der Waals surface area contributed by atoms with Gasteiger partial charge in [0.15, 0.2) is 6.04 Å². The molecule has 0 bridgehead atoms. The van der Waals surface area contributed by atoms with Gasteiger partial charge in [-0.05, 0) is 36.8 Å². The van der Waals surface area contributed by atoms with Gasteiger partial charge in [0.1, 0.15) is 0 Å². The van der Waals surface area contributed by atoms with Crippen LogP contribution < -0.4 is 0 Å². The van der Waals surface area contributed by atoms with Gasteiger partial charge in [-0.1, -0.05) is 12.1 Å². The van der Waals surface area contributed by atoms with Crippen LogP contribution in [0.25, 0.3) is 0 Å². The first-order valence-electron chi connectivity index (χ1n) is 5.77. The van der Waals surface area contributed by atoms with E-state index >= 15 is 0 Å². The van der Waals surface area contributed by atoms with E-state index in [0.29, 0.717) is 12.0 Å². The van der Waals surface area contributed by atoms with E-state index in [-0.39, 0.29) is 6.04 Å². The number of rotatable bonds is 6. The van der Waals surface area contributed by atoms with Gasteiger partial charge in [-0.25, -0.2) is 4.79 Å². The quantitative estimate of drug-likeness (QED) is 0.632. The van der Waals surface area contributed by atoms with Crippen molar-refractivity contribution in [3.63, 3.8) is 0 Å². The first-order valence-corrected chi connectivity index (χ1v) is 6.99. The van der Waals surface area contributed by atoms with Crippen molar-refractivity contribution in [2.24, 2.45) is 0 Å². The molecule has 1 aliphatic rings. The molecule has 1 saturated carbocycles. The largest absolute Gasteiger partial charge is 0.479 e. The summed E-state index contributed by atoms with van der Waals surface area (Å²) in [5.74, 6) is -0.981. The second-order valence-electron chi connectivity index (χ2n) is 4.30. The molecule has 18 heavy (non-hydrogen) atoms. The van der Waals surface area contributed by atoms with Gasteiger partial charge in [0.25, 0.3) is 0 Å². The molecule has 96 valence electrons. The molecule has 1 fully saturated rings. The Balaban J connectivity index is 2.27. The van der Waals surface area contributed by atoms with E-state index in [0.717, 1.165) is 17.7 Å². The maximum absolute atomic E-state index is 11.4. The van der Waals surface area contributed by atoms with Crippen molar-refractivity contribution in [3.05, 3.63) is 29.8 Å². The predicted octanol–water partition coefficient (Wildman–Crippen LogP) is 2.16. The minimum absolute atomic E-state index is 0.0869. The Labute approximate surface area is 110 Å². The number of amides is 1. The molecule has 0 aromatic heterocycles. The fraction of sp³-hybridized carbons (Fsp3) is 0.385. The highest BCUT2D eigenvalue weighted by Gasteiger charge is 2.37. The van der Waals surface area contributed by atoms with Crippen LogP contribution in [0.2, 0.25) is 0 Å². The lowest BCUT2D eigenvalue weighted by atomic mass is 10.1. The SMILES string of the molecule is CSc1ccc(C(C(=O)O)N(C=O)C2CC2)cc1. The zero-order valence-electron chi connectivity index (χ0n) is 10.1. The second-order valence-corrected chi connectivity index (χ2v) is 5.18. The number of aliphatic carboxylic acids is 1. The van der Waals surface area contributed by atoms with Crippen LogP contribution in [0.1, 0.15) is 24.4 Å². The van der Waals surface area contributed by atoms with Crippen LogP contribution >= 0.6 is 11.8 Å². The van der Waals surface area contributed by atoms with Crippen molar-refractivity contribution in [1.29, 1.82) is 0 Å². The van der Waals surface area contributed by atoms with Gasteiger partial charge in [0.05, 0.1) is 0 Å². The summed E-state index contributed by atoms with van der Waals surface area (Å²) in [6.07, 6.45) is 4.40. The lowest BCUT2D eigenvalue weighted by molar-refractivity contribution is -0.147. The third-order valence-corrected chi connectivity index (χ3v) is 3.80. The molecule has 0 heterocycles. The molecule has 2 rings (SSSR count). The Morgan fingerprint density at radius 2 is 2.06 bits per heavy atom. The van der Waals surface area contributed by atoms with Crippen LogP contribution in [0.4, 0.5) is 0 Å². The number of benzene rings is 1. The Morgan fingerprint density at radius 1 is 1.44 bits per heavy atom. The Bertz CT molecular complexity index is 442. The molecule has 0 radical (unpaired) electrons. The summed E-state index contributed by atoms with van der Waals surface area (Å²) in [7, 11) is 0. The second kappa shape index (κ2) is 5.44. The average Bonchev–Trinajstić information content (AvgIpc) is 3.20. The molecule has 1 atom stereocenters. The molecule has 1 N–H and O–H groups in total. The summed E-state index contributed by atoms with van der Waals surface area (Å²) < 4.78 is 0. The molecular formula is C13H15NO3S. The molecule has 1 unspecified atom stereocenters. The van der Waals surface area contributed by atoms with Crippen LogP contribution in [0.15, 0.2) is 29.2 Å². The van der Waals surface area contributed by atoms with E-state index in [4.69, 9.17) is 0 Å². The van der Waals surface area contributed by atoms with Gasteiger partial charge in [-0.2, -0.15) is 0 Å². The highest BCUT2D eigenvalue weighted by Crippen LogP contribution is 2.33. The van der Waals surface area contributed by atoms with Gasteiger partial charge in [0, 0.05) is 10.9 Å². The van der Waals surface area contributed by atoms with Crippen LogP contribution in [-0.2, 0) is 9.59 Å². The molecular weight excluding hydrogens is 250 g/mol. The summed E-state index contributed by atoms with van der Waals surface area (Å²) in [5.41, 5.74) is 0.652. The standard InChI is InChI=1S/C13H15NO3S/c1-18-11-6-2-9(3-7-11)12(13(16)17)14(8-15)10-4-5-10/h2-3,6-8,10,12H,4-5H2,1H3,(H,16,17). The van der Waals surface area contributed by atoms with Crippen molar-refractivity contribution in [3.8, 4) is 0 Å². The number of carbonyl (C=O) groups excluding carboxylic acids is 1. The number of carboxylic acid groups (broad SMARTS) is 1. The normalized spacial score (nSPS) is 16.1. The van der Waals surface area contributed by atoms with Crippen LogP contribution in [0.3, 0.4) is 0 Å². The summed E-state index contributed by atoms with van der Waals surface area (Å²) in [6, 6.07) is 6.54.